The molecular formula is C17H20N2O2. The minimum atomic E-state index is 0.0380. The zero-order valence-electron chi connectivity index (χ0n) is 12.1. The number of ether oxygens (including phenoxy) is 1. The molecule has 0 N–H and O–H groups in total. The number of hydrogen-bond acceptors (Lipinski definition) is 3. The quantitative estimate of drug-likeness (QED) is 0.857. The topological polar surface area (TPSA) is 34.5 Å². The molecule has 1 aliphatic rings. The monoisotopic (exact) mass is 284 g/mol. The summed E-state index contributed by atoms with van der Waals surface area (Å²) in [6, 6.07) is 13.7. The molecule has 2 heterocycles. The van der Waals surface area contributed by atoms with Gasteiger partial charge in [-0.05, 0) is 17.2 Å². The van der Waals surface area contributed by atoms with Crippen LogP contribution in [-0.4, -0.2) is 35.8 Å². The highest BCUT2D eigenvalue weighted by Gasteiger charge is 2.10. The van der Waals surface area contributed by atoms with Crippen molar-refractivity contribution in [1.29, 1.82) is 0 Å². The second kappa shape index (κ2) is 6.70. The van der Waals surface area contributed by atoms with Crippen LogP contribution < -0.4 is 5.56 Å². The first kappa shape index (κ1) is 14.0. The number of benzene rings is 1. The van der Waals surface area contributed by atoms with Gasteiger partial charge in [0.1, 0.15) is 0 Å². The van der Waals surface area contributed by atoms with E-state index >= 15 is 0 Å². The average molecular weight is 284 g/mol. The van der Waals surface area contributed by atoms with Crippen LogP contribution in [0.3, 0.4) is 0 Å². The first-order valence-electron chi connectivity index (χ1n) is 7.35. The highest BCUT2D eigenvalue weighted by molar-refractivity contribution is 5.24. The normalized spacial score (nSPS) is 16.0. The van der Waals surface area contributed by atoms with E-state index in [1.165, 1.54) is 5.56 Å². The lowest BCUT2D eigenvalue weighted by Crippen LogP contribution is -2.35. The Morgan fingerprint density at radius 3 is 2.48 bits per heavy atom. The second-order valence-electron chi connectivity index (χ2n) is 5.38. The van der Waals surface area contributed by atoms with Crippen molar-refractivity contribution >= 4 is 0 Å². The van der Waals surface area contributed by atoms with E-state index in [1.54, 1.807) is 16.7 Å². The van der Waals surface area contributed by atoms with Crippen LogP contribution in [0.2, 0.25) is 0 Å². The molecule has 0 bridgehead atoms. The van der Waals surface area contributed by atoms with Gasteiger partial charge in [-0.25, -0.2) is 0 Å². The van der Waals surface area contributed by atoms with E-state index < -0.39 is 0 Å². The Kier molecular flexibility index (Phi) is 4.48. The summed E-state index contributed by atoms with van der Waals surface area (Å²) in [7, 11) is 0. The Bertz CT molecular complexity index is 645. The van der Waals surface area contributed by atoms with Gasteiger partial charge >= 0.3 is 0 Å². The summed E-state index contributed by atoms with van der Waals surface area (Å²) in [4.78, 5) is 14.2. The second-order valence-corrected chi connectivity index (χ2v) is 5.38. The smallest absolute Gasteiger partial charge is 0.250 e. The molecule has 0 amide bonds. The Hall–Kier alpha value is -1.91. The summed E-state index contributed by atoms with van der Waals surface area (Å²) in [5.74, 6) is 0. The van der Waals surface area contributed by atoms with Gasteiger partial charge in [-0.15, -0.1) is 0 Å². The summed E-state index contributed by atoms with van der Waals surface area (Å²) in [5.41, 5.74) is 2.49. The molecule has 0 radical (unpaired) electrons. The van der Waals surface area contributed by atoms with E-state index in [-0.39, 0.29) is 5.56 Å². The van der Waals surface area contributed by atoms with E-state index in [0.29, 0.717) is 6.54 Å². The van der Waals surface area contributed by atoms with Crippen LogP contribution in [0.15, 0.2) is 53.5 Å². The molecule has 3 rings (SSSR count). The number of nitrogens with zero attached hydrogens (tertiary/aromatic N) is 2. The van der Waals surface area contributed by atoms with Crippen molar-refractivity contribution in [2.24, 2.45) is 0 Å². The van der Waals surface area contributed by atoms with Gasteiger partial charge in [0.2, 0.25) is 0 Å². The molecule has 4 nitrogen and oxygen atoms in total. The van der Waals surface area contributed by atoms with Crippen LogP contribution in [-0.2, 0) is 17.8 Å². The molecule has 0 unspecified atom stereocenters. The van der Waals surface area contributed by atoms with Crippen LogP contribution in [0.1, 0.15) is 11.1 Å². The van der Waals surface area contributed by atoms with E-state index in [4.69, 9.17) is 4.74 Å². The molecule has 2 aromatic rings. The predicted octanol–water partition coefficient (Wildman–Crippen LogP) is 1.73. The van der Waals surface area contributed by atoms with Crippen molar-refractivity contribution in [3.8, 4) is 0 Å². The molecule has 1 saturated heterocycles. The summed E-state index contributed by atoms with van der Waals surface area (Å²) < 4.78 is 7.10. The van der Waals surface area contributed by atoms with Gasteiger partial charge in [0.15, 0.2) is 0 Å². The Balaban J connectivity index is 1.71. The highest BCUT2D eigenvalue weighted by Crippen LogP contribution is 2.10. The highest BCUT2D eigenvalue weighted by atomic mass is 16.5. The zero-order valence-corrected chi connectivity index (χ0v) is 12.1. The standard InChI is InChI=1S/C17H20N2O2/c20-17-6-1-2-7-19(17)14-16-5-3-4-15(12-16)13-18-8-10-21-11-9-18/h1-7,12H,8-11,13-14H2. The third kappa shape index (κ3) is 3.80. The van der Waals surface area contributed by atoms with Crippen molar-refractivity contribution in [3.05, 3.63) is 70.1 Å². The van der Waals surface area contributed by atoms with Gasteiger partial charge in [0.25, 0.3) is 5.56 Å². The van der Waals surface area contributed by atoms with Crippen molar-refractivity contribution in [3.63, 3.8) is 0 Å². The maximum Gasteiger partial charge on any atom is 0.250 e. The van der Waals surface area contributed by atoms with Crippen LogP contribution in [0.25, 0.3) is 0 Å². The van der Waals surface area contributed by atoms with Gasteiger partial charge in [0.05, 0.1) is 19.8 Å². The molecule has 1 fully saturated rings. The number of morpholine rings is 1. The molecule has 4 heteroatoms. The van der Waals surface area contributed by atoms with Crippen LogP contribution in [0, 0.1) is 0 Å². The first-order chi connectivity index (χ1) is 10.3. The molecule has 0 atom stereocenters. The van der Waals surface area contributed by atoms with Gasteiger partial charge in [-0.2, -0.15) is 0 Å². The van der Waals surface area contributed by atoms with Crippen molar-refractivity contribution < 1.29 is 4.74 Å². The lowest BCUT2D eigenvalue weighted by atomic mass is 10.1. The Morgan fingerprint density at radius 2 is 1.71 bits per heavy atom. The van der Waals surface area contributed by atoms with Crippen molar-refractivity contribution in [2.45, 2.75) is 13.1 Å². The predicted molar refractivity (Wildman–Crippen MR) is 82.3 cm³/mol. The molecule has 21 heavy (non-hydrogen) atoms. The largest absolute Gasteiger partial charge is 0.379 e. The van der Waals surface area contributed by atoms with E-state index in [0.717, 1.165) is 38.4 Å². The van der Waals surface area contributed by atoms with E-state index in [2.05, 4.69) is 29.2 Å². The fourth-order valence-electron chi connectivity index (χ4n) is 2.63. The maximum absolute atomic E-state index is 11.8. The van der Waals surface area contributed by atoms with Crippen LogP contribution in [0.4, 0.5) is 0 Å². The molecule has 110 valence electrons. The Morgan fingerprint density at radius 1 is 0.952 bits per heavy atom. The summed E-state index contributed by atoms with van der Waals surface area (Å²) in [5, 5.41) is 0. The average Bonchev–Trinajstić information content (AvgIpc) is 2.51. The fourth-order valence-corrected chi connectivity index (χ4v) is 2.63. The minimum absolute atomic E-state index is 0.0380. The molecule has 1 aliphatic heterocycles. The van der Waals surface area contributed by atoms with Gasteiger partial charge < -0.3 is 9.30 Å². The van der Waals surface area contributed by atoms with Crippen LogP contribution >= 0.6 is 0 Å². The molecule has 0 saturated carbocycles. The number of aromatic nitrogens is 1. The summed E-state index contributed by atoms with van der Waals surface area (Å²) in [6.45, 7) is 5.18. The Labute approximate surface area is 124 Å². The summed E-state index contributed by atoms with van der Waals surface area (Å²) in [6.07, 6.45) is 1.83. The zero-order chi connectivity index (χ0) is 14.5. The number of rotatable bonds is 4. The van der Waals surface area contributed by atoms with Crippen LogP contribution in [0.5, 0.6) is 0 Å². The third-order valence-electron chi connectivity index (χ3n) is 3.75. The van der Waals surface area contributed by atoms with Gasteiger partial charge in [-0.1, -0.05) is 30.3 Å². The first-order valence-corrected chi connectivity index (χ1v) is 7.35. The minimum Gasteiger partial charge on any atom is -0.379 e. The molecule has 0 aliphatic carbocycles. The van der Waals surface area contributed by atoms with Gasteiger partial charge in [-0.3, -0.25) is 9.69 Å². The third-order valence-corrected chi connectivity index (χ3v) is 3.75. The van der Waals surface area contributed by atoms with E-state index in [9.17, 15) is 4.79 Å². The summed E-state index contributed by atoms with van der Waals surface area (Å²) >= 11 is 0. The van der Waals surface area contributed by atoms with Crippen molar-refractivity contribution in [2.75, 3.05) is 26.3 Å². The maximum atomic E-state index is 11.8. The number of pyridine rings is 1. The lowest BCUT2D eigenvalue weighted by molar-refractivity contribution is 0.0342. The SMILES string of the molecule is O=c1ccccn1Cc1cccc(CN2CCOCC2)c1. The lowest BCUT2D eigenvalue weighted by Gasteiger charge is -2.26. The number of hydrogen-bond donors (Lipinski definition) is 0. The van der Waals surface area contributed by atoms with Crippen molar-refractivity contribution in [1.82, 2.24) is 9.47 Å². The van der Waals surface area contributed by atoms with E-state index in [1.807, 2.05) is 12.3 Å². The van der Waals surface area contributed by atoms with Gasteiger partial charge in [0, 0.05) is 31.9 Å². The molecular weight excluding hydrogens is 264 g/mol. The fraction of sp³-hybridized carbons (Fsp3) is 0.353. The molecule has 1 aromatic carbocycles. The molecule has 1 aromatic heterocycles. The molecule has 0 spiro atoms.